The lowest BCUT2D eigenvalue weighted by atomic mass is 10.2. The molecule has 0 aromatic heterocycles. The van der Waals surface area contributed by atoms with E-state index in [2.05, 4.69) is 0 Å². The summed E-state index contributed by atoms with van der Waals surface area (Å²) >= 11 is 0.822. The Hall–Kier alpha value is -2.80. The number of carboxylic acid groups (broad SMARTS) is 1. The minimum atomic E-state index is -1.07. The van der Waals surface area contributed by atoms with Crippen molar-refractivity contribution in [1.29, 1.82) is 0 Å². The third-order valence-electron chi connectivity index (χ3n) is 3.52. The molecule has 0 saturated carbocycles. The van der Waals surface area contributed by atoms with Gasteiger partial charge in [0.05, 0.1) is 5.69 Å². The maximum Gasteiger partial charge on any atom is 0.323 e. The van der Waals surface area contributed by atoms with Crippen LogP contribution in [0.3, 0.4) is 0 Å². The smallest absolute Gasteiger partial charge is 0.323 e. The Balaban J connectivity index is 1.93. The lowest BCUT2D eigenvalue weighted by Crippen LogP contribution is -2.43. The predicted octanol–water partition coefficient (Wildman–Crippen LogP) is 2.80. The van der Waals surface area contributed by atoms with Gasteiger partial charge < -0.3 is 10.0 Å². The minimum Gasteiger partial charge on any atom is -0.480 e. The molecule has 122 valence electrons. The van der Waals surface area contributed by atoms with Crippen molar-refractivity contribution < 1.29 is 19.5 Å². The molecule has 1 aliphatic heterocycles. The zero-order valence-electron chi connectivity index (χ0n) is 12.5. The number of amides is 2. The first kappa shape index (κ1) is 16.1. The molecular weight excluding hydrogens is 328 g/mol. The molecule has 1 fully saturated rings. The number of imide groups is 1. The van der Waals surface area contributed by atoms with E-state index in [1.807, 2.05) is 0 Å². The van der Waals surface area contributed by atoms with Crippen molar-refractivity contribution in [1.82, 2.24) is 0 Å². The molecule has 2 aromatic rings. The summed E-state index contributed by atoms with van der Waals surface area (Å²) in [6.45, 7) is -0.372. The van der Waals surface area contributed by atoms with Gasteiger partial charge in [-0.3, -0.25) is 14.4 Å². The number of hydrogen-bond donors (Lipinski definition) is 1. The van der Waals surface area contributed by atoms with Crippen molar-refractivity contribution in [2.45, 2.75) is 5.37 Å². The van der Waals surface area contributed by atoms with Crippen molar-refractivity contribution >= 4 is 40.3 Å². The lowest BCUT2D eigenvalue weighted by Gasteiger charge is -2.27. The van der Waals surface area contributed by atoms with Gasteiger partial charge >= 0.3 is 5.97 Å². The Morgan fingerprint density at radius 3 is 2.21 bits per heavy atom. The molecule has 24 heavy (non-hydrogen) atoms. The molecule has 7 heteroatoms. The summed E-state index contributed by atoms with van der Waals surface area (Å²) in [4.78, 5) is 38.8. The van der Waals surface area contributed by atoms with Crippen LogP contribution >= 0.6 is 11.8 Å². The van der Waals surface area contributed by atoms with Crippen LogP contribution in [0.25, 0.3) is 0 Å². The van der Waals surface area contributed by atoms with Gasteiger partial charge in [-0.1, -0.05) is 36.4 Å². The highest BCUT2D eigenvalue weighted by atomic mass is 32.2. The number of anilines is 2. The number of thioether (sulfide) groups is 1. The molecule has 0 radical (unpaired) electrons. The number of carbonyl (C=O) groups is 3. The average Bonchev–Trinajstić information content (AvgIpc) is 2.88. The number of rotatable bonds is 5. The van der Waals surface area contributed by atoms with Gasteiger partial charge in [0.25, 0.3) is 11.1 Å². The normalized spacial score (nSPS) is 17.2. The molecule has 2 amide bonds. The second kappa shape index (κ2) is 6.76. The van der Waals surface area contributed by atoms with E-state index < -0.39 is 22.5 Å². The van der Waals surface area contributed by atoms with Crippen LogP contribution in [0.15, 0.2) is 60.7 Å². The highest BCUT2D eigenvalue weighted by molar-refractivity contribution is 8.16. The van der Waals surface area contributed by atoms with E-state index in [-0.39, 0.29) is 6.54 Å². The Morgan fingerprint density at radius 2 is 1.62 bits per heavy atom. The third kappa shape index (κ3) is 3.11. The van der Waals surface area contributed by atoms with Gasteiger partial charge in [-0.05, 0) is 36.0 Å². The molecule has 0 bridgehead atoms. The number of para-hydroxylation sites is 2. The predicted molar refractivity (Wildman–Crippen MR) is 92.1 cm³/mol. The second-order valence-corrected chi connectivity index (χ2v) is 6.13. The van der Waals surface area contributed by atoms with Crippen molar-refractivity contribution in [2.24, 2.45) is 0 Å². The Morgan fingerprint density at radius 1 is 1.04 bits per heavy atom. The van der Waals surface area contributed by atoms with Crippen LogP contribution in [0.2, 0.25) is 0 Å². The van der Waals surface area contributed by atoms with Crippen molar-refractivity contribution in [3.8, 4) is 0 Å². The molecule has 1 atom stereocenters. The summed E-state index contributed by atoms with van der Waals surface area (Å²) in [7, 11) is 0. The van der Waals surface area contributed by atoms with E-state index in [1.54, 1.807) is 60.7 Å². The van der Waals surface area contributed by atoms with Crippen LogP contribution in [0, 0.1) is 0 Å². The molecule has 1 N–H and O–H groups in total. The van der Waals surface area contributed by atoms with E-state index in [4.69, 9.17) is 0 Å². The van der Waals surface area contributed by atoms with Gasteiger partial charge in [0, 0.05) is 5.69 Å². The fourth-order valence-electron chi connectivity index (χ4n) is 2.48. The quantitative estimate of drug-likeness (QED) is 0.900. The fourth-order valence-corrected chi connectivity index (χ4v) is 3.50. The van der Waals surface area contributed by atoms with Gasteiger partial charge in [0.1, 0.15) is 6.54 Å². The third-order valence-corrected chi connectivity index (χ3v) is 4.58. The Bertz CT molecular complexity index is 767. The van der Waals surface area contributed by atoms with Crippen LogP contribution in [0.5, 0.6) is 0 Å². The Labute approximate surface area is 142 Å². The number of carbonyl (C=O) groups excluding carboxylic acids is 2. The van der Waals surface area contributed by atoms with Crippen LogP contribution in [-0.2, 0) is 9.59 Å². The molecule has 0 aliphatic carbocycles. The fraction of sp³-hybridized carbons (Fsp3) is 0.118. The molecular formula is C17H14N2O4S. The molecule has 3 rings (SSSR count). The summed E-state index contributed by atoms with van der Waals surface area (Å²) in [6.07, 6.45) is 0. The lowest BCUT2D eigenvalue weighted by molar-refractivity contribution is -0.135. The van der Waals surface area contributed by atoms with Crippen LogP contribution in [-0.4, -0.2) is 34.1 Å². The second-order valence-electron chi connectivity index (χ2n) is 5.10. The molecule has 2 aromatic carbocycles. The molecule has 1 saturated heterocycles. The Kier molecular flexibility index (Phi) is 4.52. The zero-order valence-corrected chi connectivity index (χ0v) is 13.3. The summed E-state index contributed by atoms with van der Waals surface area (Å²) in [5.74, 6) is -1.51. The summed E-state index contributed by atoms with van der Waals surface area (Å²) < 4.78 is 0. The van der Waals surface area contributed by atoms with E-state index in [9.17, 15) is 19.5 Å². The summed E-state index contributed by atoms with van der Waals surface area (Å²) in [5, 5.41) is 7.86. The molecule has 0 unspecified atom stereocenters. The molecule has 6 nitrogen and oxygen atoms in total. The number of nitrogens with zero attached hydrogens (tertiary/aromatic N) is 2. The highest BCUT2D eigenvalue weighted by Gasteiger charge is 2.44. The van der Waals surface area contributed by atoms with Gasteiger partial charge in [-0.25, -0.2) is 4.90 Å². The van der Waals surface area contributed by atoms with E-state index in [1.165, 1.54) is 4.90 Å². The zero-order chi connectivity index (χ0) is 17.1. The van der Waals surface area contributed by atoms with Crippen molar-refractivity contribution in [3.05, 3.63) is 60.7 Å². The highest BCUT2D eigenvalue weighted by Crippen LogP contribution is 2.35. The van der Waals surface area contributed by atoms with Crippen molar-refractivity contribution in [3.63, 3.8) is 0 Å². The summed E-state index contributed by atoms with van der Waals surface area (Å²) in [6, 6.07) is 17.3. The molecule has 1 heterocycles. The van der Waals surface area contributed by atoms with E-state index >= 15 is 0 Å². The molecule has 1 aliphatic rings. The maximum absolute atomic E-state index is 12.8. The van der Waals surface area contributed by atoms with E-state index in [0.29, 0.717) is 11.4 Å². The van der Waals surface area contributed by atoms with Crippen LogP contribution < -0.4 is 9.80 Å². The van der Waals surface area contributed by atoms with Crippen LogP contribution in [0.1, 0.15) is 0 Å². The van der Waals surface area contributed by atoms with Crippen molar-refractivity contribution in [2.75, 3.05) is 16.3 Å². The van der Waals surface area contributed by atoms with Gasteiger partial charge in [0.15, 0.2) is 5.37 Å². The first-order valence-corrected chi connectivity index (χ1v) is 8.09. The van der Waals surface area contributed by atoms with Gasteiger partial charge in [0.2, 0.25) is 0 Å². The minimum absolute atomic E-state index is 0.372. The SMILES string of the molecule is O=C(O)CN(c1ccccc1)[C@@H]1SC(=O)N(c2ccccc2)C1=O. The van der Waals surface area contributed by atoms with E-state index in [0.717, 1.165) is 16.7 Å². The van der Waals surface area contributed by atoms with Gasteiger partial charge in [-0.15, -0.1) is 0 Å². The van der Waals surface area contributed by atoms with Gasteiger partial charge in [-0.2, -0.15) is 0 Å². The monoisotopic (exact) mass is 342 g/mol. The average molecular weight is 342 g/mol. The summed E-state index contributed by atoms with van der Waals surface area (Å²) in [5.41, 5.74) is 1.05. The first-order chi connectivity index (χ1) is 11.6. The standard InChI is InChI=1S/C17H14N2O4S/c20-14(21)11-18(12-7-3-1-4-8-12)16-15(22)19(17(23)24-16)13-9-5-2-6-10-13/h1-10,16H,11H2,(H,20,21)/t16-/m1/s1. The topological polar surface area (TPSA) is 77.9 Å². The maximum atomic E-state index is 12.8. The molecule has 0 spiro atoms. The first-order valence-electron chi connectivity index (χ1n) is 7.21. The number of benzene rings is 2. The number of hydrogen-bond acceptors (Lipinski definition) is 5. The van der Waals surface area contributed by atoms with Crippen LogP contribution in [0.4, 0.5) is 16.2 Å². The number of aliphatic carboxylic acids is 1. The number of carboxylic acids is 1. The largest absolute Gasteiger partial charge is 0.480 e.